The van der Waals surface area contributed by atoms with Gasteiger partial charge >= 0.3 is 0 Å². The number of pyridine rings is 1. The summed E-state index contributed by atoms with van der Waals surface area (Å²) in [6, 6.07) is 15.6. The summed E-state index contributed by atoms with van der Waals surface area (Å²) >= 11 is 3.67. The molecule has 3 heteroatoms. The highest BCUT2D eigenvalue weighted by molar-refractivity contribution is 9.10. The first kappa shape index (κ1) is 13.8. The van der Waals surface area contributed by atoms with Gasteiger partial charge in [-0.1, -0.05) is 55.1 Å². The lowest BCUT2D eigenvalue weighted by molar-refractivity contribution is 0.879. The molecule has 0 spiro atoms. The van der Waals surface area contributed by atoms with Crippen molar-refractivity contribution in [1.82, 2.24) is 4.57 Å². The fourth-order valence-electron chi connectivity index (χ4n) is 2.61. The van der Waals surface area contributed by atoms with Crippen molar-refractivity contribution in [2.45, 2.75) is 0 Å². The van der Waals surface area contributed by atoms with Gasteiger partial charge in [0.2, 0.25) is 0 Å². The van der Waals surface area contributed by atoms with Crippen LogP contribution in [0.3, 0.4) is 0 Å². The molecule has 0 atom stereocenters. The lowest BCUT2D eigenvalue weighted by Gasteiger charge is -2.15. The number of hydrogen-bond donors (Lipinski definition) is 0. The molecule has 2 nitrogen and oxygen atoms in total. The van der Waals surface area contributed by atoms with Crippen LogP contribution in [0.1, 0.15) is 5.56 Å². The van der Waals surface area contributed by atoms with Crippen LogP contribution in [0, 0.1) is 0 Å². The first-order valence-corrected chi connectivity index (χ1v) is 7.43. The maximum Gasteiger partial charge on any atom is 0.258 e. The Hall–Kier alpha value is -2.13. The fraction of sp³-hybridized carbons (Fsp3) is 0.0556. The predicted octanol–water partition coefficient (Wildman–Crippen LogP) is 4.61. The molecule has 0 aliphatic carbocycles. The third-order valence-electron chi connectivity index (χ3n) is 3.68. The molecule has 0 amide bonds. The third kappa shape index (κ3) is 2.14. The summed E-state index contributed by atoms with van der Waals surface area (Å²) in [5.74, 6) is 0. The smallest absolute Gasteiger partial charge is 0.258 e. The molecule has 0 radical (unpaired) electrons. The molecule has 3 aromatic rings. The van der Waals surface area contributed by atoms with Crippen LogP contribution < -0.4 is 5.56 Å². The van der Waals surface area contributed by atoms with Gasteiger partial charge in [0.15, 0.2) is 0 Å². The second-order valence-corrected chi connectivity index (χ2v) is 5.66. The van der Waals surface area contributed by atoms with Gasteiger partial charge in [0, 0.05) is 27.9 Å². The van der Waals surface area contributed by atoms with Crippen molar-refractivity contribution in [2.24, 2.45) is 7.05 Å². The number of hydrogen-bond acceptors (Lipinski definition) is 1. The summed E-state index contributed by atoms with van der Waals surface area (Å²) in [6.07, 6.45) is 1.81. The van der Waals surface area contributed by atoms with E-state index in [0.29, 0.717) is 5.39 Å². The third-order valence-corrected chi connectivity index (χ3v) is 4.48. The summed E-state index contributed by atoms with van der Waals surface area (Å²) in [6.45, 7) is 3.86. The summed E-state index contributed by atoms with van der Waals surface area (Å²) in [5, 5.41) is 1.64. The van der Waals surface area contributed by atoms with Crippen molar-refractivity contribution >= 4 is 32.8 Å². The molecule has 0 unspecified atom stereocenters. The first-order valence-electron chi connectivity index (χ1n) is 6.64. The highest BCUT2D eigenvalue weighted by Crippen LogP contribution is 2.34. The molecule has 104 valence electrons. The van der Waals surface area contributed by atoms with Crippen molar-refractivity contribution in [3.8, 4) is 11.3 Å². The summed E-state index contributed by atoms with van der Waals surface area (Å²) in [4.78, 5) is 12.6. The van der Waals surface area contributed by atoms with Gasteiger partial charge < -0.3 is 4.57 Å². The molecule has 0 N–H and O–H groups in total. The summed E-state index contributed by atoms with van der Waals surface area (Å²) in [5.41, 5.74) is 2.87. The molecule has 0 saturated heterocycles. The Morgan fingerprint density at radius 3 is 2.38 bits per heavy atom. The minimum atomic E-state index is 0.00247. The molecule has 1 heterocycles. The molecule has 0 fully saturated rings. The largest absolute Gasteiger partial charge is 0.310 e. The summed E-state index contributed by atoms with van der Waals surface area (Å²) < 4.78 is 2.61. The number of benzene rings is 2. The molecule has 0 aliphatic heterocycles. The van der Waals surface area contributed by atoms with Crippen molar-refractivity contribution in [2.75, 3.05) is 0 Å². The molecular formula is C18H14BrNO. The molecular weight excluding hydrogens is 326 g/mol. The highest BCUT2D eigenvalue weighted by Gasteiger charge is 2.15. The molecule has 2 aromatic carbocycles. The topological polar surface area (TPSA) is 22.0 Å². The Kier molecular flexibility index (Phi) is 3.52. The minimum Gasteiger partial charge on any atom is -0.310 e. The van der Waals surface area contributed by atoms with Gasteiger partial charge in [-0.25, -0.2) is 0 Å². The van der Waals surface area contributed by atoms with Crippen LogP contribution in [0.4, 0.5) is 0 Å². The van der Waals surface area contributed by atoms with Crippen molar-refractivity contribution in [3.05, 3.63) is 75.5 Å². The second-order valence-electron chi connectivity index (χ2n) is 4.86. The van der Waals surface area contributed by atoms with E-state index in [4.69, 9.17) is 0 Å². The first-order chi connectivity index (χ1) is 10.1. The normalized spacial score (nSPS) is 10.8. The Morgan fingerprint density at radius 2 is 1.67 bits per heavy atom. The lowest BCUT2D eigenvalue weighted by atomic mass is 10.0. The van der Waals surface area contributed by atoms with E-state index < -0.39 is 0 Å². The number of fused-ring (bicyclic) bond motifs is 1. The van der Waals surface area contributed by atoms with Crippen LogP contribution in [0.2, 0.25) is 0 Å². The molecule has 0 saturated carbocycles. The van der Waals surface area contributed by atoms with E-state index in [1.54, 1.807) is 17.7 Å². The number of nitrogens with zero attached hydrogens (tertiary/aromatic N) is 1. The van der Waals surface area contributed by atoms with Crippen LogP contribution in [0.25, 0.3) is 28.1 Å². The van der Waals surface area contributed by atoms with Crippen molar-refractivity contribution in [1.29, 1.82) is 0 Å². The van der Waals surface area contributed by atoms with Crippen LogP contribution >= 0.6 is 15.9 Å². The van der Waals surface area contributed by atoms with Crippen LogP contribution in [-0.4, -0.2) is 4.57 Å². The van der Waals surface area contributed by atoms with E-state index in [9.17, 15) is 4.79 Å². The second kappa shape index (κ2) is 5.34. The van der Waals surface area contributed by atoms with Gasteiger partial charge in [-0.2, -0.15) is 0 Å². The molecule has 0 bridgehead atoms. The zero-order chi connectivity index (χ0) is 15.0. The SMILES string of the molecule is C=Cc1ccccc1-c1c(Br)c2ccccc2c(=O)n1C. The van der Waals surface area contributed by atoms with E-state index >= 15 is 0 Å². The standard InChI is InChI=1S/C18H14BrNO/c1-3-12-8-4-5-9-13(12)17-16(19)14-10-6-7-11-15(14)18(21)20(17)2/h3-11H,1H2,2H3. The zero-order valence-corrected chi connectivity index (χ0v) is 13.2. The van der Waals surface area contributed by atoms with Crippen LogP contribution in [0.5, 0.6) is 0 Å². The Balaban J connectivity index is 2.49. The van der Waals surface area contributed by atoms with Gasteiger partial charge in [-0.05, 0) is 27.6 Å². The van der Waals surface area contributed by atoms with E-state index in [0.717, 1.165) is 26.7 Å². The Bertz CT molecular complexity index is 909. The average molecular weight is 340 g/mol. The molecule has 21 heavy (non-hydrogen) atoms. The number of rotatable bonds is 2. The van der Waals surface area contributed by atoms with E-state index in [-0.39, 0.29) is 5.56 Å². The number of aromatic nitrogens is 1. The van der Waals surface area contributed by atoms with E-state index in [1.165, 1.54) is 0 Å². The number of halogens is 1. The van der Waals surface area contributed by atoms with Gasteiger partial charge in [0.05, 0.1) is 5.69 Å². The van der Waals surface area contributed by atoms with Gasteiger partial charge in [-0.15, -0.1) is 0 Å². The van der Waals surface area contributed by atoms with Gasteiger partial charge in [0.1, 0.15) is 0 Å². The maximum absolute atomic E-state index is 12.6. The Morgan fingerprint density at radius 1 is 1.05 bits per heavy atom. The quantitative estimate of drug-likeness (QED) is 0.668. The zero-order valence-electron chi connectivity index (χ0n) is 11.6. The molecule has 0 aliphatic rings. The van der Waals surface area contributed by atoms with Gasteiger partial charge in [-0.3, -0.25) is 4.79 Å². The predicted molar refractivity (Wildman–Crippen MR) is 92.4 cm³/mol. The highest BCUT2D eigenvalue weighted by atomic mass is 79.9. The average Bonchev–Trinajstić information content (AvgIpc) is 2.53. The van der Waals surface area contributed by atoms with Crippen molar-refractivity contribution in [3.63, 3.8) is 0 Å². The van der Waals surface area contributed by atoms with E-state index in [2.05, 4.69) is 22.5 Å². The fourth-order valence-corrected chi connectivity index (χ4v) is 3.43. The van der Waals surface area contributed by atoms with Crippen LogP contribution in [0.15, 0.2) is 64.4 Å². The Labute approximate surface area is 131 Å². The molecule has 1 aromatic heterocycles. The summed E-state index contributed by atoms with van der Waals surface area (Å²) in [7, 11) is 1.80. The minimum absolute atomic E-state index is 0.00247. The van der Waals surface area contributed by atoms with Crippen LogP contribution in [-0.2, 0) is 7.05 Å². The van der Waals surface area contributed by atoms with E-state index in [1.807, 2.05) is 48.5 Å². The lowest BCUT2D eigenvalue weighted by Crippen LogP contribution is -2.19. The van der Waals surface area contributed by atoms with Crippen molar-refractivity contribution < 1.29 is 0 Å². The van der Waals surface area contributed by atoms with Gasteiger partial charge in [0.25, 0.3) is 5.56 Å². The molecule has 3 rings (SSSR count). The maximum atomic E-state index is 12.6. The monoisotopic (exact) mass is 339 g/mol.